The van der Waals surface area contributed by atoms with Crippen molar-refractivity contribution in [1.82, 2.24) is 9.78 Å². The zero-order valence-corrected chi connectivity index (χ0v) is 19.6. The lowest BCUT2D eigenvalue weighted by Gasteiger charge is -2.12. The van der Waals surface area contributed by atoms with E-state index in [4.69, 9.17) is 24.0 Å². The number of nitrogens with zero attached hydrogens (tertiary/aromatic N) is 2. The second-order valence-corrected chi connectivity index (χ2v) is 7.64. The first-order valence-corrected chi connectivity index (χ1v) is 10.6. The summed E-state index contributed by atoms with van der Waals surface area (Å²) in [5.41, 5.74) is 6.18. The molecule has 3 aromatic carbocycles. The Hall–Kier alpha value is -3.93. The Balaban J connectivity index is 1.84. The largest absolute Gasteiger partial charge is 0.493 e. The molecule has 4 aromatic rings. The van der Waals surface area contributed by atoms with Gasteiger partial charge in [0.05, 0.1) is 46.4 Å². The second kappa shape index (κ2) is 9.69. The number of aryl methyl sites for hydroxylation is 1. The molecule has 0 radical (unpaired) electrons. The highest BCUT2D eigenvalue weighted by Gasteiger charge is 2.16. The minimum Gasteiger partial charge on any atom is -0.493 e. The van der Waals surface area contributed by atoms with Crippen LogP contribution in [-0.2, 0) is 6.54 Å². The van der Waals surface area contributed by atoms with Crippen LogP contribution in [0.15, 0.2) is 66.7 Å². The molecule has 0 amide bonds. The molecule has 0 aliphatic rings. The number of hydrogen-bond acceptors (Lipinski definition) is 5. The minimum absolute atomic E-state index is 0.643. The van der Waals surface area contributed by atoms with Crippen LogP contribution in [0.1, 0.15) is 11.1 Å². The molecule has 0 N–H and O–H groups in total. The van der Waals surface area contributed by atoms with Crippen molar-refractivity contribution < 1.29 is 18.9 Å². The van der Waals surface area contributed by atoms with Gasteiger partial charge >= 0.3 is 0 Å². The standard InChI is InChI=1S/C27H28N2O4/c1-18-8-6-7-9-21(18)17-29-23(20-11-13-25(31-3)27(15-20)33-5)16-22(28-29)19-10-12-24(30-2)26(14-19)32-4/h6-16H,17H2,1-5H3. The van der Waals surface area contributed by atoms with E-state index in [1.54, 1.807) is 28.4 Å². The van der Waals surface area contributed by atoms with Gasteiger partial charge in [-0.25, -0.2) is 0 Å². The SMILES string of the molecule is COc1ccc(-c2cc(-c3ccc(OC)c(OC)c3)n(Cc3ccccc3C)n2)cc1OC. The van der Waals surface area contributed by atoms with Crippen molar-refractivity contribution in [3.05, 3.63) is 77.9 Å². The third-order valence-electron chi connectivity index (χ3n) is 5.72. The topological polar surface area (TPSA) is 54.7 Å². The number of rotatable bonds is 8. The monoisotopic (exact) mass is 444 g/mol. The van der Waals surface area contributed by atoms with Crippen molar-refractivity contribution in [2.75, 3.05) is 28.4 Å². The Kier molecular flexibility index (Phi) is 6.54. The van der Waals surface area contributed by atoms with Crippen LogP contribution in [0, 0.1) is 6.92 Å². The van der Waals surface area contributed by atoms with Gasteiger partial charge in [0.15, 0.2) is 23.0 Å². The molecule has 0 unspecified atom stereocenters. The predicted octanol–water partition coefficient (Wildman–Crippen LogP) is 5.61. The normalized spacial score (nSPS) is 10.7. The Bertz CT molecular complexity index is 1260. The summed E-state index contributed by atoms with van der Waals surface area (Å²) in [5, 5.41) is 4.97. The fraction of sp³-hybridized carbons (Fsp3) is 0.222. The Morgan fingerprint density at radius 2 is 1.24 bits per heavy atom. The average Bonchev–Trinajstić information content (AvgIpc) is 3.28. The number of aromatic nitrogens is 2. The van der Waals surface area contributed by atoms with E-state index in [1.165, 1.54) is 11.1 Å². The Labute approximate surface area is 194 Å². The lowest BCUT2D eigenvalue weighted by Crippen LogP contribution is -2.05. The molecule has 33 heavy (non-hydrogen) atoms. The molecular weight excluding hydrogens is 416 g/mol. The van der Waals surface area contributed by atoms with Crippen molar-refractivity contribution in [1.29, 1.82) is 0 Å². The fourth-order valence-electron chi connectivity index (χ4n) is 3.85. The maximum atomic E-state index is 5.54. The second-order valence-electron chi connectivity index (χ2n) is 7.64. The molecule has 0 atom stereocenters. The highest BCUT2D eigenvalue weighted by Crippen LogP contribution is 2.36. The molecule has 6 heteroatoms. The summed E-state index contributed by atoms with van der Waals surface area (Å²) in [6, 6.07) is 22.2. The van der Waals surface area contributed by atoms with Gasteiger partial charge < -0.3 is 18.9 Å². The maximum absolute atomic E-state index is 5.54. The number of hydrogen-bond donors (Lipinski definition) is 0. The first-order chi connectivity index (χ1) is 16.1. The van der Waals surface area contributed by atoms with Crippen molar-refractivity contribution in [3.63, 3.8) is 0 Å². The smallest absolute Gasteiger partial charge is 0.161 e. The Morgan fingerprint density at radius 3 is 1.85 bits per heavy atom. The molecule has 0 aliphatic carbocycles. The van der Waals surface area contributed by atoms with E-state index in [1.807, 2.05) is 47.1 Å². The molecule has 0 fully saturated rings. The third-order valence-corrected chi connectivity index (χ3v) is 5.72. The lowest BCUT2D eigenvalue weighted by atomic mass is 10.1. The molecular formula is C27H28N2O4. The molecule has 0 spiro atoms. The quantitative estimate of drug-likeness (QED) is 0.354. The summed E-state index contributed by atoms with van der Waals surface area (Å²) < 4.78 is 23.9. The van der Waals surface area contributed by atoms with Gasteiger partial charge in [0.25, 0.3) is 0 Å². The van der Waals surface area contributed by atoms with Gasteiger partial charge in [0, 0.05) is 11.1 Å². The highest BCUT2D eigenvalue weighted by molar-refractivity contribution is 5.72. The van der Waals surface area contributed by atoms with Gasteiger partial charge in [-0.1, -0.05) is 24.3 Å². The molecule has 170 valence electrons. The molecule has 0 saturated heterocycles. The van der Waals surface area contributed by atoms with Crippen molar-refractivity contribution in [3.8, 4) is 45.5 Å². The lowest BCUT2D eigenvalue weighted by molar-refractivity contribution is 0.355. The van der Waals surface area contributed by atoms with E-state index in [0.717, 1.165) is 22.5 Å². The molecule has 0 aliphatic heterocycles. The van der Waals surface area contributed by atoms with E-state index >= 15 is 0 Å². The van der Waals surface area contributed by atoms with E-state index in [2.05, 4.69) is 31.2 Å². The summed E-state index contributed by atoms with van der Waals surface area (Å²) in [4.78, 5) is 0. The van der Waals surface area contributed by atoms with E-state index in [0.29, 0.717) is 29.5 Å². The van der Waals surface area contributed by atoms with Crippen LogP contribution in [0.4, 0.5) is 0 Å². The third kappa shape index (κ3) is 4.51. The summed E-state index contributed by atoms with van der Waals surface area (Å²) in [6.45, 7) is 2.76. The van der Waals surface area contributed by atoms with E-state index < -0.39 is 0 Å². The van der Waals surface area contributed by atoms with Crippen LogP contribution in [0.2, 0.25) is 0 Å². The van der Waals surface area contributed by atoms with Gasteiger partial charge in [0.2, 0.25) is 0 Å². The van der Waals surface area contributed by atoms with Gasteiger partial charge in [-0.05, 0) is 60.5 Å². The van der Waals surface area contributed by atoms with Crippen LogP contribution in [-0.4, -0.2) is 38.2 Å². The minimum atomic E-state index is 0.643. The van der Waals surface area contributed by atoms with Crippen LogP contribution in [0.3, 0.4) is 0 Å². The Morgan fingerprint density at radius 1 is 0.667 bits per heavy atom. The molecule has 1 aromatic heterocycles. The number of ether oxygens (including phenoxy) is 4. The highest BCUT2D eigenvalue weighted by atomic mass is 16.5. The molecule has 1 heterocycles. The maximum Gasteiger partial charge on any atom is 0.161 e. The summed E-state index contributed by atoms with van der Waals surface area (Å²) in [6.07, 6.45) is 0. The van der Waals surface area contributed by atoms with Gasteiger partial charge in [-0.15, -0.1) is 0 Å². The molecule has 6 nitrogen and oxygen atoms in total. The summed E-state index contributed by atoms with van der Waals surface area (Å²) in [7, 11) is 6.54. The van der Waals surface area contributed by atoms with Crippen LogP contribution in [0.5, 0.6) is 23.0 Å². The van der Waals surface area contributed by atoms with Crippen LogP contribution < -0.4 is 18.9 Å². The van der Waals surface area contributed by atoms with Crippen molar-refractivity contribution in [2.24, 2.45) is 0 Å². The van der Waals surface area contributed by atoms with Crippen LogP contribution in [0.25, 0.3) is 22.5 Å². The molecule has 4 rings (SSSR count). The predicted molar refractivity (Wildman–Crippen MR) is 130 cm³/mol. The first-order valence-electron chi connectivity index (χ1n) is 10.6. The van der Waals surface area contributed by atoms with E-state index in [-0.39, 0.29) is 0 Å². The zero-order valence-electron chi connectivity index (χ0n) is 19.6. The average molecular weight is 445 g/mol. The van der Waals surface area contributed by atoms with Gasteiger partial charge in [0.1, 0.15) is 0 Å². The van der Waals surface area contributed by atoms with Gasteiger partial charge in [-0.3, -0.25) is 4.68 Å². The van der Waals surface area contributed by atoms with Crippen molar-refractivity contribution in [2.45, 2.75) is 13.5 Å². The van der Waals surface area contributed by atoms with E-state index in [9.17, 15) is 0 Å². The molecule has 0 saturated carbocycles. The first kappa shape index (κ1) is 22.3. The fourth-order valence-corrected chi connectivity index (χ4v) is 3.85. The molecule has 0 bridgehead atoms. The van der Waals surface area contributed by atoms with Gasteiger partial charge in [-0.2, -0.15) is 5.10 Å². The number of benzene rings is 3. The van der Waals surface area contributed by atoms with Crippen LogP contribution >= 0.6 is 0 Å². The van der Waals surface area contributed by atoms with Crippen molar-refractivity contribution >= 4 is 0 Å². The summed E-state index contributed by atoms with van der Waals surface area (Å²) >= 11 is 0. The number of methoxy groups -OCH3 is 4. The summed E-state index contributed by atoms with van der Waals surface area (Å²) in [5.74, 6) is 2.70. The zero-order chi connectivity index (χ0) is 23.4.